The first-order valence-electron chi connectivity index (χ1n) is 10.7. The molecule has 4 aromatic rings. The predicted octanol–water partition coefficient (Wildman–Crippen LogP) is 5.66. The SMILES string of the molecule is CCCCn1c(C(C)C)nc2cc3c(Nc4ccc(OC)c(OC)c4)ncnc3cc21. The van der Waals surface area contributed by atoms with Crippen LogP contribution in [0.2, 0.25) is 0 Å². The van der Waals surface area contributed by atoms with Crippen LogP contribution in [0.4, 0.5) is 11.5 Å². The molecule has 0 spiro atoms. The summed E-state index contributed by atoms with van der Waals surface area (Å²) in [5.41, 5.74) is 3.84. The first-order valence-corrected chi connectivity index (χ1v) is 10.7. The quantitative estimate of drug-likeness (QED) is 0.397. The molecule has 4 rings (SSSR count). The molecule has 7 heteroatoms. The highest BCUT2D eigenvalue weighted by Crippen LogP contribution is 2.33. The van der Waals surface area contributed by atoms with Crippen molar-refractivity contribution in [2.75, 3.05) is 19.5 Å². The van der Waals surface area contributed by atoms with Crippen molar-refractivity contribution in [3.05, 3.63) is 42.5 Å². The average Bonchev–Trinajstić information content (AvgIpc) is 3.14. The Bertz CT molecular complexity index is 1220. The number of aromatic nitrogens is 4. The number of methoxy groups -OCH3 is 2. The number of nitrogens with one attached hydrogen (secondary N) is 1. The number of nitrogens with zero attached hydrogens (tertiary/aromatic N) is 4. The molecule has 2 heterocycles. The van der Waals surface area contributed by atoms with E-state index in [2.05, 4.69) is 52.8 Å². The van der Waals surface area contributed by atoms with E-state index in [0.717, 1.165) is 58.7 Å². The molecule has 0 atom stereocenters. The number of hydrogen-bond donors (Lipinski definition) is 1. The topological polar surface area (TPSA) is 74.1 Å². The molecule has 0 aliphatic carbocycles. The summed E-state index contributed by atoms with van der Waals surface area (Å²) in [6, 6.07) is 9.90. The minimum absolute atomic E-state index is 0.350. The average molecular weight is 420 g/mol. The number of ether oxygens (including phenoxy) is 2. The maximum atomic E-state index is 5.42. The number of rotatable bonds is 8. The summed E-state index contributed by atoms with van der Waals surface area (Å²) in [6.45, 7) is 7.55. The first-order chi connectivity index (χ1) is 15.0. The number of benzene rings is 2. The molecule has 0 radical (unpaired) electrons. The second kappa shape index (κ2) is 8.79. The number of aryl methyl sites for hydroxylation is 1. The van der Waals surface area contributed by atoms with Crippen molar-refractivity contribution >= 4 is 33.4 Å². The van der Waals surface area contributed by atoms with Crippen LogP contribution >= 0.6 is 0 Å². The minimum Gasteiger partial charge on any atom is -0.493 e. The van der Waals surface area contributed by atoms with Crippen LogP contribution in [0.3, 0.4) is 0 Å². The Morgan fingerprint density at radius 2 is 1.81 bits per heavy atom. The number of fused-ring (bicyclic) bond motifs is 2. The summed E-state index contributed by atoms with van der Waals surface area (Å²) < 4.78 is 13.1. The Morgan fingerprint density at radius 1 is 1.00 bits per heavy atom. The van der Waals surface area contributed by atoms with Crippen molar-refractivity contribution in [3.8, 4) is 11.5 Å². The van der Waals surface area contributed by atoms with Crippen LogP contribution in [-0.2, 0) is 6.54 Å². The fourth-order valence-corrected chi connectivity index (χ4v) is 3.84. The van der Waals surface area contributed by atoms with Crippen molar-refractivity contribution in [2.24, 2.45) is 0 Å². The lowest BCUT2D eigenvalue weighted by molar-refractivity contribution is 0.355. The molecule has 2 aromatic carbocycles. The molecule has 0 saturated heterocycles. The number of imidazole rings is 1. The third-order valence-electron chi connectivity index (χ3n) is 5.43. The van der Waals surface area contributed by atoms with Gasteiger partial charge in [-0.2, -0.15) is 0 Å². The maximum absolute atomic E-state index is 5.42. The van der Waals surface area contributed by atoms with Gasteiger partial charge in [0.2, 0.25) is 0 Å². The molecule has 1 N–H and O–H groups in total. The Hall–Kier alpha value is -3.35. The predicted molar refractivity (Wildman–Crippen MR) is 125 cm³/mol. The van der Waals surface area contributed by atoms with Crippen molar-refractivity contribution < 1.29 is 9.47 Å². The van der Waals surface area contributed by atoms with Crippen LogP contribution < -0.4 is 14.8 Å². The molecule has 0 aliphatic rings. The minimum atomic E-state index is 0.350. The Labute approximate surface area is 182 Å². The fourth-order valence-electron chi connectivity index (χ4n) is 3.84. The van der Waals surface area contributed by atoms with Crippen LogP contribution in [-0.4, -0.2) is 33.7 Å². The van der Waals surface area contributed by atoms with Gasteiger partial charge in [-0.3, -0.25) is 0 Å². The second-order valence-corrected chi connectivity index (χ2v) is 7.91. The largest absolute Gasteiger partial charge is 0.493 e. The molecule has 0 fully saturated rings. The second-order valence-electron chi connectivity index (χ2n) is 7.91. The third-order valence-corrected chi connectivity index (χ3v) is 5.43. The highest BCUT2D eigenvalue weighted by atomic mass is 16.5. The van der Waals surface area contributed by atoms with Crippen molar-refractivity contribution in [2.45, 2.75) is 46.1 Å². The van der Waals surface area contributed by atoms with Gasteiger partial charge in [0.05, 0.1) is 30.8 Å². The maximum Gasteiger partial charge on any atom is 0.162 e. The zero-order chi connectivity index (χ0) is 22.0. The Morgan fingerprint density at radius 3 is 2.52 bits per heavy atom. The summed E-state index contributed by atoms with van der Waals surface area (Å²) in [7, 11) is 3.25. The van der Waals surface area contributed by atoms with Gasteiger partial charge in [-0.1, -0.05) is 27.2 Å². The lowest BCUT2D eigenvalue weighted by Gasteiger charge is -2.12. The molecule has 7 nitrogen and oxygen atoms in total. The van der Waals surface area contributed by atoms with Gasteiger partial charge >= 0.3 is 0 Å². The van der Waals surface area contributed by atoms with E-state index >= 15 is 0 Å². The summed E-state index contributed by atoms with van der Waals surface area (Å²) in [4.78, 5) is 14.0. The lowest BCUT2D eigenvalue weighted by Crippen LogP contribution is -2.05. The molecule has 0 aliphatic heterocycles. The molecule has 0 unspecified atom stereocenters. The van der Waals surface area contributed by atoms with Gasteiger partial charge in [0, 0.05) is 29.6 Å². The van der Waals surface area contributed by atoms with Gasteiger partial charge in [-0.25, -0.2) is 15.0 Å². The monoisotopic (exact) mass is 419 g/mol. The third kappa shape index (κ3) is 4.00. The van der Waals surface area contributed by atoms with Crippen LogP contribution in [0, 0.1) is 0 Å². The van der Waals surface area contributed by atoms with E-state index in [4.69, 9.17) is 14.5 Å². The molecular weight excluding hydrogens is 390 g/mol. The van der Waals surface area contributed by atoms with E-state index in [0.29, 0.717) is 17.4 Å². The molecular formula is C24H29N5O2. The number of unbranched alkanes of at least 4 members (excludes halogenated alkanes) is 1. The van der Waals surface area contributed by atoms with Gasteiger partial charge in [0.1, 0.15) is 18.0 Å². The van der Waals surface area contributed by atoms with Crippen molar-refractivity contribution in [3.63, 3.8) is 0 Å². The Balaban J connectivity index is 1.80. The summed E-state index contributed by atoms with van der Waals surface area (Å²) in [6.07, 6.45) is 3.86. The van der Waals surface area contributed by atoms with E-state index in [1.54, 1.807) is 20.5 Å². The summed E-state index contributed by atoms with van der Waals surface area (Å²) in [5, 5.41) is 4.33. The smallest absolute Gasteiger partial charge is 0.162 e. The van der Waals surface area contributed by atoms with Crippen molar-refractivity contribution in [1.82, 2.24) is 19.5 Å². The normalized spacial score (nSPS) is 11.4. The lowest BCUT2D eigenvalue weighted by atomic mass is 10.2. The molecule has 2 aromatic heterocycles. The van der Waals surface area contributed by atoms with E-state index in [1.165, 1.54) is 0 Å². The van der Waals surface area contributed by atoms with Crippen LogP contribution in [0.15, 0.2) is 36.7 Å². The zero-order valence-electron chi connectivity index (χ0n) is 18.8. The first kappa shape index (κ1) is 20.9. The fraction of sp³-hybridized carbons (Fsp3) is 0.375. The molecule has 0 amide bonds. The van der Waals surface area contributed by atoms with Crippen LogP contribution in [0.25, 0.3) is 21.9 Å². The molecule has 162 valence electrons. The summed E-state index contributed by atoms with van der Waals surface area (Å²) in [5.74, 6) is 3.53. The Kier molecular flexibility index (Phi) is 5.93. The van der Waals surface area contributed by atoms with Gasteiger partial charge in [-0.15, -0.1) is 0 Å². The van der Waals surface area contributed by atoms with Gasteiger partial charge in [0.25, 0.3) is 0 Å². The molecule has 0 bridgehead atoms. The van der Waals surface area contributed by atoms with Gasteiger partial charge < -0.3 is 19.4 Å². The van der Waals surface area contributed by atoms with E-state index in [9.17, 15) is 0 Å². The zero-order valence-corrected chi connectivity index (χ0v) is 18.8. The summed E-state index contributed by atoms with van der Waals surface area (Å²) >= 11 is 0. The highest BCUT2D eigenvalue weighted by Gasteiger charge is 2.16. The molecule has 0 saturated carbocycles. The number of anilines is 2. The van der Waals surface area contributed by atoms with Crippen LogP contribution in [0.5, 0.6) is 11.5 Å². The van der Waals surface area contributed by atoms with Gasteiger partial charge in [0.15, 0.2) is 11.5 Å². The number of hydrogen-bond acceptors (Lipinski definition) is 6. The van der Waals surface area contributed by atoms with Crippen LogP contribution in [0.1, 0.15) is 45.4 Å². The van der Waals surface area contributed by atoms with E-state index in [1.807, 2.05) is 18.2 Å². The van der Waals surface area contributed by atoms with E-state index in [-0.39, 0.29) is 0 Å². The standard InChI is InChI=1S/C24H29N5O2/c1-6-7-10-29-20-13-18-17(12-19(20)28-24(29)15(2)3)23(26-14-25-18)27-16-8-9-21(30-4)22(11-16)31-5/h8-9,11-15H,6-7,10H2,1-5H3,(H,25,26,27). The van der Waals surface area contributed by atoms with Gasteiger partial charge in [-0.05, 0) is 30.7 Å². The molecule has 31 heavy (non-hydrogen) atoms. The van der Waals surface area contributed by atoms with Crippen molar-refractivity contribution in [1.29, 1.82) is 0 Å². The highest BCUT2D eigenvalue weighted by molar-refractivity contribution is 5.99. The van der Waals surface area contributed by atoms with E-state index < -0.39 is 0 Å².